The zero-order valence-electron chi connectivity index (χ0n) is 9.82. The minimum absolute atomic E-state index is 0.581. The van der Waals surface area contributed by atoms with Crippen LogP contribution in [0.5, 0.6) is 0 Å². The molecular weight excluding hydrogens is 232 g/mol. The van der Waals surface area contributed by atoms with Gasteiger partial charge in [0.1, 0.15) is 0 Å². The minimum Gasteiger partial charge on any atom is -0.343 e. The Morgan fingerprint density at radius 2 is 2.18 bits per heavy atom. The molecule has 1 heterocycles. The van der Waals surface area contributed by atoms with E-state index in [9.17, 15) is 0 Å². The number of hydrogen-bond acceptors (Lipinski definition) is 1. The van der Waals surface area contributed by atoms with E-state index in [0.717, 1.165) is 22.9 Å². The molecule has 1 aromatic heterocycles. The summed E-state index contributed by atoms with van der Waals surface area (Å²) in [6.07, 6.45) is 4.08. The van der Waals surface area contributed by atoms with Gasteiger partial charge in [-0.2, -0.15) is 0 Å². The van der Waals surface area contributed by atoms with Crippen molar-refractivity contribution in [2.75, 3.05) is 0 Å². The maximum absolute atomic E-state index is 6.23. The maximum Gasteiger partial charge on any atom is 0.0499 e. The van der Waals surface area contributed by atoms with Crippen LogP contribution in [0.25, 0.3) is 10.9 Å². The van der Waals surface area contributed by atoms with Crippen LogP contribution in [-0.2, 0) is 13.1 Å². The summed E-state index contributed by atoms with van der Waals surface area (Å²) in [5.74, 6) is 0.829. The lowest BCUT2D eigenvalue weighted by Gasteiger charge is -2.27. The molecule has 1 aliphatic rings. The molecule has 17 heavy (non-hydrogen) atoms. The second kappa shape index (κ2) is 4.35. The molecule has 1 aromatic carbocycles. The third-order valence-electron chi connectivity index (χ3n) is 3.85. The minimum atomic E-state index is 0.581. The number of nitrogens with two attached hydrogens (primary N) is 1. The molecule has 2 nitrogen and oxygen atoms in total. The Morgan fingerprint density at radius 1 is 1.35 bits per heavy atom. The first-order chi connectivity index (χ1) is 8.29. The van der Waals surface area contributed by atoms with Crippen molar-refractivity contribution in [1.82, 2.24) is 4.57 Å². The van der Waals surface area contributed by atoms with Crippen LogP contribution < -0.4 is 5.73 Å². The molecule has 3 heteroatoms. The second-order valence-corrected chi connectivity index (χ2v) is 5.33. The zero-order chi connectivity index (χ0) is 11.8. The van der Waals surface area contributed by atoms with Crippen LogP contribution in [0.1, 0.15) is 25.0 Å². The fraction of sp³-hybridized carbons (Fsp3) is 0.429. The highest BCUT2D eigenvalue weighted by atomic mass is 35.5. The highest BCUT2D eigenvalue weighted by molar-refractivity contribution is 6.35. The molecule has 2 N–H and O–H groups in total. The fourth-order valence-electron chi connectivity index (χ4n) is 2.62. The van der Waals surface area contributed by atoms with Crippen LogP contribution >= 0.6 is 11.6 Å². The number of halogens is 1. The summed E-state index contributed by atoms with van der Waals surface area (Å²) < 4.78 is 2.35. The second-order valence-electron chi connectivity index (χ2n) is 4.92. The number of aromatic nitrogens is 1. The van der Waals surface area contributed by atoms with Crippen molar-refractivity contribution in [3.8, 4) is 0 Å². The van der Waals surface area contributed by atoms with Crippen LogP contribution in [0.4, 0.5) is 0 Å². The van der Waals surface area contributed by atoms with E-state index in [2.05, 4.69) is 16.7 Å². The van der Waals surface area contributed by atoms with E-state index in [4.69, 9.17) is 17.3 Å². The Kier molecular flexibility index (Phi) is 2.85. The van der Waals surface area contributed by atoms with Crippen LogP contribution in [0.2, 0.25) is 5.02 Å². The third kappa shape index (κ3) is 1.85. The van der Waals surface area contributed by atoms with E-state index in [0.29, 0.717) is 6.54 Å². The van der Waals surface area contributed by atoms with E-state index in [1.807, 2.05) is 12.1 Å². The SMILES string of the molecule is NCc1cc2c(Cl)cccc2n1CC1CCC1. The lowest BCUT2D eigenvalue weighted by molar-refractivity contribution is 0.277. The van der Waals surface area contributed by atoms with Crippen LogP contribution in [-0.4, -0.2) is 4.57 Å². The molecule has 3 rings (SSSR count). The molecule has 1 aliphatic carbocycles. The lowest BCUT2D eigenvalue weighted by atomic mass is 9.85. The van der Waals surface area contributed by atoms with E-state index < -0.39 is 0 Å². The standard InChI is InChI=1S/C14H17ClN2/c15-13-5-2-6-14-12(13)7-11(8-16)17(14)9-10-3-1-4-10/h2,5-7,10H,1,3-4,8-9,16H2. The van der Waals surface area contributed by atoms with Crippen molar-refractivity contribution < 1.29 is 0 Å². The van der Waals surface area contributed by atoms with Crippen LogP contribution in [0.3, 0.4) is 0 Å². The van der Waals surface area contributed by atoms with Gasteiger partial charge in [-0.3, -0.25) is 0 Å². The number of hydrogen-bond donors (Lipinski definition) is 1. The van der Waals surface area contributed by atoms with E-state index in [-0.39, 0.29) is 0 Å². The molecule has 0 amide bonds. The monoisotopic (exact) mass is 248 g/mol. The maximum atomic E-state index is 6.23. The Balaban J connectivity index is 2.09. The van der Waals surface area contributed by atoms with Crippen molar-refractivity contribution >= 4 is 22.5 Å². The molecule has 0 spiro atoms. The van der Waals surface area contributed by atoms with Crippen molar-refractivity contribution in [2.24, 2.45) is 11.7 Å². The first kappa shape index (κ1) is 11.1. The van der Waals surface area contributed by atoms with Gasteiger partial charge in [-0.1, -0.05) is 24.1 Å². The summed E-state index contributed by atoms with van der Waals surface area (Å²) in [5.41, 5.74) is 8.26. The zero-order valence-corrected chi connectivity index (χ0v) is 10.6. The normalized spacial score (nSPS) is 16.4. The average molecular weight is 249 g/mol. The predicted molar refractivity (Wildman–Crippen MR) is 72.2 cm³/mol. The molecule has 90 valence electrons. The van der Waals surface area contributed by atoms with Crippen molar-refractivity contribution in [3.05, 3.63) is 35.0 Å². The molecule has 1 saturated carbocycles. The molecular formula is C14H17ClN2. The van der Waals surface area contributed by atoms with Gasteiger partial charge in [-0.15, -0.1) is 0 Å². The van der Waals surface area contributed by atoms with E-state index >= 15 is 0 Å². The van der Waals surface area contributed by atoms with Gasteiger partial charge in [0.2, 0.25) is 0 Å². The summed E-state index contributed by atoms with van der Waals surface area (Å²) in [4.78, 5) is 0. The summed E-state index contributed by atoms with van der Waals surface area (Å²) in [7, 11) is 0. The summed E-state index contributed by atoms with van der Waals surface area (Å²) in [6.45, 7) is 1.67. The highest BCUT2D eigenvalue weighted by Gasteiger charge is 2.20. The topological polar surface area (TPSA) is 30.9 Å². The number of rotatable bonds is 3. The van der Waals surface area contributed by atoms with E-state index in [1.54, 1.807) is 0 Å². The summed E-state index contributed by atoms with van der Waals surface area (Å²) in [6, 6.07) is 8.23. The number of nitrogens with zero attached hydrogens (tertiary/aromatic N) is 1. The van der Waals surface area contributed by atoms with Crippen molar-refractivity contribution in [3.63, 3.8) is 0 Å². The fourth-order valence-corrected chi connectivity index (χ4v) is 2.85. The van der Waals surface area contributed by atoms with Gasteiger partial charge < -0.3 is 10.3 Å². The Hall–Kier alpha value is -0.990. The first-order valence-corrected chi connectivity index (χ1v) is 6.64. The van der Waals surface area contributed by atoms with E-state index in [1.165, 1.54) is 30.5 Å². The molecule has 0 saturated heterocycles. The van der Waals surface area contributed by atoms with Crippen molar-refractivity contribution in [1.29, 1.82) is 0 Å². The smallest absolute Gasteiger partial charge is 0.0499 e. The highest BCUT2D eigenvalue weighted by Crippen LogP contribution is 2.32. The molecule has 1 fully saturated rings. The van der Waals surface area contributed by atoms with Gasteiger partial charge in [-0.25, -0.2) is 0 Å². The van der Waals surface area contributed by atoms with Gasteiger partial charge in [0.25, 0.3) is 0 Å². The Morgan fingerprint density at radius 3 is 2.82 bits per heavy atom. The van der Waals surface area contributed by atoms with Gasteiger partial charge in [0, 0.05) is 34.7 Å². The molecule has 0 bridgehead atoms. The van der Waals surface area contributed by atoms with Crippen LogP contribution in [0, 0.1) is 5.92 Å². The predicted octanol–water partition coefficient (Wildman–Crippen LogP) is 3.55. The summed E-state index contributed by atoms with van der Waals surface area (Å²) >= 11 is 6.23. The van der Waals surface area contributed by atoms with Gasteiger partial charge in [-0.05, 0) is 37.0 Å². The Labute approximate surface area is 106 Å². The average Bonchev–Trinajstić information content (AvgIpc) is 2.63. The largest absolute Gasteiger partial charge is 0.343 e. The van der Waals surface area contributed by atoms with Crippen LogP contribution in [0.15, 0.2) is 24.3 Å². The quantitative estimate of drug-likeness (QED) is 0.885. The van der Waals surface area contributed by atoms with Crippen molar-refractivity contribution in [2.45, 2.75) is 32.4 Å². The Bertz CT molecular complexity index is 540. The number of benzene rings is 1. The molecule has 0 atom stereocenters. The summed E-state index contributed by atoms with van der Waals surface area (Å²) in [5, 5.41) is 1.96. The van der Waals surface area contributed by atoms with Gasteiger partial charge in [0.15, 0.2) is 0 Å². The third-order valence-corrected chi connectivity index (χ3v) is 4.18. The van der Waals surface area contributed by atoms with Gasteiger partial charge >= 0.3 is 0 Å². The first-order valence-electron chi connectivity index (χ1n) is 6.26. The number of fused-ring (bicyclic) bond motifs is 1. The van der Waals surface area contributed by atoms with Gasteiger partial charge in [0.05, 0.1) is 0 Å². The molecule has 0 unspecified atom stereocenters. The molecule has 0 radical (unpaired) electrons. The molecule has 2 aromatic rings. The lowest BCUT2D eigenvalue weighted by Crippen LogP contribution is -2.20. The molecule has 0 aliphatic heterocycles.